The van der Waals surface area contributed by atoms with Crippen molar-refractivity contribution < 1.29 is 4.79 Å². The first-order valence-corrected chi connectivity index (χ1v) is 8.38. The molecule has 23 heavy (non-hydrogen) atoms. The summed E-state index contributed by atoms with van der Waals surface area (Å²) in [7, 11) is 0. The molecule has 1 aliphatic rings. The number of pyridine rings is 1. The molecule has 1 saturated carbocycles. The lowest BCUT2D eigenvalue weighted by Crippen LogP contribution is -2.22. The van der Waals surface area contributed by atoms with Gasteiger partial charge in [-0.1, -0.05) is 30.9 Å². The number of nitrogens with zero attached hydrogens (tertiary/aromatic N) is 1. The van der Waals surface area contributed by atoms with E-state index in [1.165, 1.54) is 32.1 Å². The molecule has 2 aromatic rings. The minimum Gasteiger partial charge on any atom is -0.367 e. The lowest BCUT2D eigenvalue weighted by Gasteiger charge is -2.23. The molecule has 0 bridgehead atoms. The van der Waals surface area contributed by atoms with Gasteiger partial charge in [0.05, 0.1) is 11.9 Å². The van der Waals surface area contributed by atoms with Crippen molar-refractivity contribution in [1.82, 2.24) is 4.98 Å². The first-order chi connectivity index (χ1) is 11.2. The number of benzene rings is 1. The summed E-state index contributed by atoms with van der Waals surface area (Å²) in [5.74, 6) is 0.692. The third kappa shape index (κ3) is 4.45. The SMILES string of the molecule is O=C(Nc1ccc(NC2CCCCC2)nc1)c1ccc(Cl)cc1. The highest BCUT2D eigenvalue weighted by Gasteiger charge is 2.13. The van der Waals surface area contributed by atoms with Gasteiger partial charge in [-0.05, 0) is 49.2 Å². The molecule has 1 aromatic heterocycles. The van der Waals surface area contributed by atoms with Crippen LogP contribution in [0.2, 0.25) is 5.02 Å². The van der Waals surface area contributed by atoms with Gasteiger partial charge in [-0.2, -0.15) is 0 Å². The molecule has 4 nitrogen and oxygen atoms in total. The topological polar surface area (TPSA) is 54.0 Å². The van der Waals surface area contributed by atoms with Gasteiger partial charge < -0.3 is 10.6 Å². The van der Waals surface area contributed by atoms with Crippen LogP contribution in [-0.2, 0) is 0 Å². The Labute approximate surface area is 141 Å². The highest BCUT2D eigenvalue weighted by Crippen LogP contribution is 2.21. The molecule has 5 heteroatoms. The lowest BCUT2D eigenvalue weighted by molar-refractivity contribution is 0.102. The van der Waals surface area contributed by atoms with Crippen LogP contribution in [0, 0.1) is 0 Å². The molecule has 0 radical (unpaired) electrons. The van der Waals surface area contributed by atoms with Crippen molar-refractivity contribution in [1.29, 1.82) is 0 Å². The van der Waals surface area contributed by atoms with Crippen LogP contribution in [0.25, 0.3) is 0 Å². The van der Waals surface area contributed by atoms with Gasteiger partial charge in [0, 0.05) is 16.6 Å². The summed E-state index contributed by atoms with van der Waals surface area (Å²) >= 11 is 5.83. The molecule has 1 fully saturated rings. The van der Waals surface area contributed by atoms with Crippen LogP contribution in [0.4, 0.5) is 11.5 Å². The minimum atomic E-state index is -0.170. The van der Waals surface area contributed by atoms with E-state index in [1.54, 1.807) is 30.5 Å². The van der Waals surface area contributed by atoms with Crippen LogP contribution in [-0.4, -0.2) is 16.9 Å². The zero-order valence-corrected chi connectivity index (χ0v) is 13.6. The normalized spacial score (nSPS) is 15.2. The summed E-state index contributed by atoms with van der Waals surface area (Å²) in [5, 5.41) is 6.91. The first kappa shape index (κ1) is 15.8. The van der Waals surface area contributed by atoms with E-state index < -0.39 is 0 Å². The lowest BCUT2D eigenvalue weighted by atomic mass is 9.95. The Morgan fingerprint density at radius 3 is 2.43 bits per heavy atom. The maximum Gasteiger partial charge on any atom is 0.255 e. The van der Waals surface area contributed by atoms with E-state index in [2.05, 4.69) is 15.6 Å². The van der Waals surface area contributed by atoms with Gasteiger partial charge in [0.1, 0.15) is 5.82 Å². The van der Waals surface area contributed by atoms with E-state index in [-0.39, 0.29) is 5.91 Å². The van der Waals surface area contributed by atoms with Crippen LogP contribution >= 0.6 is 11.6 Å². The average molecular weight is 330 g/mol. The molecule has 1 amide bonds. The van der Waals surface area contributed by atoms with E-state index in [4.69, 9.17) is 11.6 Å². The van der Waals surface area contributed by atoms with Gasteiger partial charge in [0.25, 0.3) is 5.91 Å². The van der Waals surface area contributed by atoms with Gasteiger partial charge in [-0.15, -0.1) is 0 Å². The third-order valence-electron chi connectivity index (χ3n) is 4.08. The molecule has 1 aromatic carbocycles. The highest BCUT2D eigenvalue weighted by atomic mass is 35.5. The van der Waals surface area contributed by atoms with E-state index in [0.29, 0.717) is 22.3 Å². The van der Waals surface area contributed by atoms with Crippen molar-refractivity contribution in [2.75, 3.05) is 10.6 Å². The van der Waals surface area contributed by atoms with Gasteiger partial charge in [-0.25, -0.2) is 4.98 Å². The summed E-state index contributed by atoms with van der Waals surface area (Å²) in [6.07, 6.45) is 7.99. The highest BCUT2D eigenvalue weighted by molar-refractivity contribution is 6.30. The molecule has 0 atom stereocenters. The number of carbonyl (C=O) groups is 1. The largest absolute Gasteiger partial charge is 0.367 e. The predicted molar refractivity (Wildman–Crippen MR) is 94.1 cm³/mol. The van der Waals surface area contributed by atoms with E-state index >= 15 is 0 Å². The fourth-order valence-corrected chi connectivity index (χ4v) is 2.94. The zero-order valence-electron chi connectivity index (χ0n) is 12.9. The van der Waals surface area contributed by atoms with Crippen molar-refractivity contribution in [2.24, 2.45) is 0 Å². The number of hydrogen-bond acceptors (Lipinski definition) is 3. The molecule has 2 N–H and O–H groups in total. The number of carbonyl (C=O) groups excluding carboxylic acids is 1. The summed E-state index contributed by atoms with van der Waals surface area (Å²) in [5.41, 5.74) is 1.25. The fraction of sp³-hybridized carbons (Fsp3) is 0.333. The molecule has 0 aliphatic heterocycles. The van der Waals surface area contributed by atoms with Gasteiger partial charge >= 0.3 is 0 Å². The van der Waals surface area contributed by atoms with Crippen molar-refractivity contribution in [2.45, 2.75) is 38.1 Å². The van der Waals surface area contributed by atoms with E-state index in [1.807, 2.05) is 12.1 Å². The van der Waals surface area contributed by atoms with Crippen molar-refractivity contribution in [3.63, 3.8) is 0 Å². The smallest absolute Gasteiger partial charge is 0.255 e. The Bertz CT molecular complexity index is 649. The molecular weight excluding hydrogens is 310 g/mol. The average Bonchev–Trinajstić information content (AvgIpc) is 2.58. The molecule has 0 spiro atoms. The summed E-state index contributed by atoms with van der Waals surface area (Å²) in [4.78, 5) is 16.5. The van der Waals surface area contributed by atoms with Crippen LogP contribution < -0.4 is 10.6 Å². The van der Waals surface area contributed by atoms with Gasteiger partial charge in [0.2, 0.25) is 0 Å². The minimum absolute atomic E-state index is 0.170. The maximum atomic E-state index is 12.1. The van der Waals surface area contributed by atoms with Crippen LogP contribution in [0.3, 0.4) is 0 Å². The predicted octanol–water partition coefficient (Wildman–Crippen LogP) is 4.73. The summed E-state index contributed by atoms with van der Waals surface area (Å²) < 4.78 is 0. The fourth-order valence-electron chi connectivity index (χ4n) is 2.81. The summed E-state index contributed by atoms with van der Waals surface area (Å²) in [6, 6.07) is 11.1. The number of rotatable bonds is 4. The monoisotopic (exact) mass is 329 g/mol. The van der Waals surface area contributed by atoms with Gasteiger partial charge in [0.15, 0.2) is 0 Å². The molecule has 3 rings (SSSR count). The summed E-state index contributed by atoms with van der Waals surface area (Å²) in [6.45, 7) is 0. The molecule has 0 unspecified atom stereocenters. The Morgan fingerprint density at radius 2 is 1.78 bits per heavy atom. The van der Waals surface area contributed by atoms with Crippen molar-refractivity contribution >= 4 is 29.0 Å². The second-order valence-corrected chi connectivity index (χ2v) is 6.31. The van der Waals surface area contributed by atoms with E-state index in [0.717, 1.165) is 5.82 Å². The number of nitrogens with one attached hydrogen (secondary N) is 2. The Hall–Kier alpha value is -2.07. The number of hydrogen-bond donors (Lipinski definition) is 2. The number of aromatic nitrogens is 1. The van der Waals surface area contributed by atoms with E-state index in [9.17, 15) is 4.79 Å². The molecular formula is C18H20ClN3O. The first-order valence-electron chi connectivity index (χ1n) is 8.00. The Balaban J connectivity index is 1.58. The third-order valence-corrected chi connectivity index (χ3v) is 4.34. The number of anilines is 2. The van der Waals surface area contributed by atoms with Gasteiger partial charge in [-0.3, -0.25) is 4.79 Å². The second-order valence-electron chi connectivity index (χ2n) is 5.87. The molecule has 1 aliphatic carbocycles. The Morgan fingerprint density at radius 1 is 1.04 bits per heavy atom. The van der Waals surface area contributed by atoms with Crippen LogP contribution in [0.5, 0.6) is 0 Å². The van der Waals surface area contributed by atoms with Crippen LogP contribution in [0.15, 0.2) is 42.6 Å². The number of halogens is 1. The second kappa shape index (κ2) is 7.47. The van der Waals surface area contributed by atoms with Crippen molar-refractivity contribution in [3.8, 4) is 0 Å². The zero-order chi connectivity index (χ0) is 16.1. The van der Waals surface area contributed by atoms with Crippen molar-refractivity contribution in [3.05, 3.63) is 53.2 Å². The Kier molecular flexibility index (Phi) is 5.13. The maximum absolute atomic E-state index is 12.1. The standard InChI is InChI=1S/C18H20ClN3O/c19-14-8-6-13(7-9-14)18(23)22-16-10-11-17(20-12-16)21-15-4-2-1-3-5-15/h6-12,15H,1-5H2,(H,20,21)(H,22,23). The van der Waals surface area contributed by atoms with Crippen LogP contribution in [0.1, 0.15) is 42.5 Å². The number of amides is 1. The molecule has 1 heterocycles. The molecule has 0 saturated heterocycles. The quantitative estimate of drug-likeness (QED) is 0.852. The molecule has 120 valence electrons.